The van der Waals surface area contributed by atoms with E-state index in [0.29, 0.717) is 23.9 Å². The zero-order chi connectivity index (χ0) is 24.5. The second-order valence-corrected chi connectivity index (χ2v) is 10.3. The Hall–Kier alpha value is -3.60. The number of carbonyl (C=O) groups excluding carboxylic acids is 1. The first-order valence-corrected chi connectivity index (χ1v) is 12.1. The van der Waals surface area contributed by atoms with Crippen molar-refractivity contribution in [1.29, 1.82) is 0 Å². The minimum atomic E-state index is -4.15. The summed E-state index contributed by atoms with van der Waals surface area (Å²) in [5.74, 6) is -1.69. The maximum Gasteiger partial charge on any atom is 0.319 e. The molecule has 8 nitrogen and oxygen atoms in total. The van der Waals surface area contributed by atoms with Gasteiger partial charge in [0, 0.05) is 29.9 Å². The molecule has 34 heavy (non-hydrogen) atoms. The molecular formula is C23H23F2N5O3S. The molecule has 0 saturated heterocycles. The van der Waals surface area contributed by atoms with Crippen molar-refractivity contribution in [2.45, 2.75) is 35.8 Å². The zero-order valence-corrected chi connectivity index (χ0v) is 19.1. The second kappa shape index (κ2) is 8.98. The molecule has 4 rings (SSSR count). The maximum absolute atomic E-state index is 13.7. The number of nitrogen functional groups attached to an aromatic ring is 1. The Bertz CT molecular complexity index is 1320. The fourth-order valence-electron chi connectivity index (χ4n) is 3.63. The van der Waals surface area contributed by atoms with Gasteiger partial charge < -0.3 is 16.4 Å². The zero-order valence-electron chi connectivity index (χ0n) is 18.3. The molecule has 0 radical (unpaired) electrons. The van der Waals surface area contributed by atoms with Gasteiger partial charge in [-0.05, 0) is 55.7 Å². The third-order valence-electron chi connectivity index (χ3n) is 5.51. The minimum absolute atomic E-state index is 0.0630. The molecule has 0 spiro atoms. The van der Waals surface area contributed by atoms with Gasteiger partial charge in [-0.15, -0.1) is 0 Å². The van der Waals surface area contributed by atoms with Crippen molar-refractivity contribution in [1.82, 2.24) is 15.3 Å². The van der Waals surface area contributed by atoms with Crippen LogP contribution in [-0.4, -0.2) is 31.0 Å². The number of amides is 2. The Morgan fingerprint density at radius 2 is 1.71 bits per heavy atom. The number of benzene rings is 2. The lowest BCUT2D eigenvalue weighted by molar-refractivity contribution is 0.252. The summed E-state index contributed by atoms with van der Waals surface area (Å²) in [6.07, 6.45) is 1.28. The van der Waals surface area contributed by atoms with Crippen molar-refractivity contribution in [2.75, 3.05) is 17.6 Å². The van der Waals surface area contributed by atoms with Crippen molar-refractivity contribution in [3.63, 3.8) is 0 Å². The molecule has 2 amide bonds. The molecule has 0 unspecified atom stereocenters. The highest BCUT2D eigenvalue weighted by Crippen LogP contribution is 2.55. The lowest BCUT2D eigenvalue weighted by atomic mass is 10.1. The number of nitrogens with one attached hydrogen (secondary N) is 2. The number of anilines is 2. The summed E-state index contributed by atoms with van der Waals surface area (Å²) in [5.41, 5.74) is 7.24. The quantitative estimate of drug-likeness (QED) is 0.462. The summed E-state index contributed by atoms with van der Waals surface area (Å²) in [6, 6.07) is 9.92. The highest BCUT2D eigenvalue weighted by Gasteiger charge is 2.58. The molecule has 0 bridgehead atoms. The van der Waals surface area contributed by atoms with E-state index in [1.165, 1.54) is 6.07 Å². The van der Waals surface area contributed by atoms with Crippen molar-refractivity contribution in [3.05, 3.63) is 65.9 Å². The van der Waals surface area contributed by atoms with E-state index in [0.717, 1.165) is 18.6 Å². The Labute approximate surface area is 195 Å². The number of carbonyl (C=O) groups is 1. The van der Waals surface area contributed by atoms with E-state index in [9.17, 15) is 22.0 Å². The van der Waals surface area contributed by atoms with E-state index in [2.05, 4.69) is 20.6 Å². The molecule has 11 heteroatoms. The topological polar surface area (TPSA) is 127 Å². The molecule has 1 aromatic heterocycles. The Kier molecular flexibility index (Phi) is 6.22. The lowest BCUT2D eigenvalue weighted by Crippen LogP contribution is -2.29. The highest BCUT2D eigenvalue weighted by atomic mass is 32.2. The van der Waals surface area contributed by atoms with Gasteiger partial charge in [-0.2, -0.15) is 0 Å². The van der Waals surface area contributed by atoms with Crippen molar-refractivity contribution in [3.8, 4) is 11.4 Å². The van der Waals surface area contributed by atoms with Gasteiger partial charge in [0.2, 0.25) is 0 Å². The van der Waals surface area contributed by atoms with Crippen LogP contribution in [0.15, 0.2) is 53.4 Å². The third kappa shape index (κ3) is 4.56. The molecule has 4 N–H and O–H groups in total. The van der Waals surface area contributed by atoms with E-state index >= 15 is 0 Å². The number of nitrogens with two attached hydrogens (primary N) is 1. The molecule has 1 fully saturated rings. The van der Waals surface area contributed by atoms with Gasteiger partial charge in [0.15, 0.2) is 15.7 Å². The van der Waals surface area contributed by atoms with Crippen LogP contribution in [0.2, 0.25) is 0 Å². The van der Waals surface area contributed by atoms with Crippen LogP contribution >= 0.6 is 0 Å². The van der Waals surface area contributed by atoms with Gasteiger partial charge in [-0.3, -0.25) is 0 Å². The van der Waals surface area contributed by atoms with Gasteiger partial charge >= 0.3 is 6.03 Å². The van der Waals surface area contributed by atoms with Crippen LogP contribution in [0.3, 0.4) is 0 Å². The molecule has 1 aliphatic rings. The van der Waals surface area contributed by atoms with Crippen LogP contribution in [0.4, 0.5) is 25.1 Å². The van der Waals surface area contributed by atoms with Gasteiger partial charge in [-0.1, -0.05) is 6.92 Å². The number of hydrogen-bond donors (Lipinski definition) is 3. The maximum atomic E-state index is 13.7. The lowest BCUT2D eigenvalue weighted by Gasteiger charge is -2.17. The summed E-state index contributed by atoms with van der Waals surface area (Å²) >= 11 is 0. The molecule has 3 aromatic rings. The van der Waals surface area contributed by atoms with Gasteiger partial charge in [0.1, 0.15) is 22.2 Å². The largest absolute Gasteiger partial charge is 0.384 e. The summed E-state index contributed by atoms with van der Waals surface area (Å²) in [4.78, 5) is 20.0. The van der Waals surface area contributed by atoms with Crippen molar-refractivity contribution in [2.24, 2.45) is 0 Å². The first kappa shape index (κ1) is 23.6. The van der Waals surface area contributed by atoms with Crippen molar-refractivity contribution >= 4 is 27.4 Å². The van der Waals surface area contributed by atoms with E-state index in [4.69, 9.17) is 5.73 Å². The van der Waals surface area contributed by atoms with Crippen LogP contribution in [0.1, 0.15) is 31.9 Å². The number of urea groups is 1. The van der Waals surface area contributed by atoms with E-state index in [1.54, 1.807) is 24.3 Å². The van der Waals surface area contributed by atoms with Crippen LogP contribution < -0.4 is 16.4 Å². The van der Waals surface area contributed by atoms with E-state index in [-0.39, 0.29) is 36.2 Å². The fraction of sp³-hybridized carbons (Fsp3) is 0.261. The average Bonchev–Trinajstić information content (AvgIpc) is 3.60. The summed E-state index contributed by atoms with van der Waals surface area (Å²) in [7, 11) is -4.15. The predicted molar refractivity (Wildman–Crippen MR) is 124 cm³/mol. The Balaban J connectivity index is 1.64. The number of nitrogens with zero attached hydrogens (tertiary/aromatic N) is 2. The fourth-order valence-corrected chi connectivity index (χ4v) is 5.64. The van der Waals surface area contributed by atoms with Crippen molar-refractivity contribution < 1.29 is 22.0 Å². The number of halogens is 2. The van der Waals surface area contributed by atoms with Crippen LogP contribution in [0, 0.1) is 11.6 Å². The van der Waals surface area contributed by atoms with Crippen LogP contribution in [-0.2, 0) is 14.6 Å². The van der Waals surface area contributed by atoms with Gasteiger partial charge in [-0.25, -0.2) is 32.0 Å². The molecule has 1 saturated carbocycles. The van der Waals surface area contributed by atoms with E-state index < -0.39 is 31.1 Å². The molecule has 1 aliphatic carbocycles. The molecule has 178 valence electrons. The minimum Gasteiger partial charge on any atom is -0.384 e. The predicted octanol–water partition coefficient (Wildman–Crippen LogP) is 4.00. The van der Waals surface area contributed by atoms with Crippen LogP contribution in [0.25, 0.3) is 11.4 Å². The average molecular weight is 488 g/mol. The van der Waals surface area contributed by atoms with Crippen LogP contribution in [0.5, 0.6) is 0 Å². The SMILES string of the molecule is CCCNC(=O)Nc1ccc(-c2nc(N)cc(C3(S(=O)(=O)c4cc(F)cc(F)c4)CC3)n2)cc1. The summed E-state index contributed by atoms with van der Waals surface area (Å²) < 4.78 is 52.6. The molecule has 1 heterocycles. The number of aromatic nitrogens is 2. The van der Waals surface area contributed by atoms with Gasteiger partial charge in [0.05, 0.1) is 10.6 Å². The first-order valence-electron chi connectivity index (χ1n) is 10.7. The smallest absolute Gasteiger partial charge is 0.319 e. The Morgan fingerprint density at radius 3 is 2.29 bits per heavy atom. The molecule has 0 atom stereocenters. The van der Waals surface area contributed by atoms with Gasteiger partial charge in [0.25, 0.3) is 0 Å². The second-order valence-electron chi connectivity index (χ2n) is 8.06. The monoisotopic (exact) mass is 487 g/mol. The molecular weight excluding hydrogens is 464 g/mol. The highest BCUT2D eigenvalue weighted by molar-refractivity contribution is 7.92. The standard InChI is InChI=1S/C23H23F2N5O3S/c1-2-9-27-22(31)28-17-5-3-14(4-6-17)21-29-19(13-20(26)30-21)23(7-8-23)34(32,33)18-11-15(24)10-16(25)12-18/h3-6,10-13H,2,7-9H2,1H3,(H2,26,29,30)(H2,27,28,31). The first-order chi connectivity index (χ1) is 16.1. The number of hydrogen-bond acceptors (Lipinski definition) is 6. The third-order valence-corrected chi connectivity index (χ3v) is 8.02. The normalized spacial score (nSPS) is 14.4. The molecule has 0 aliphatic heterocycles. The summed E-state index contributed by atoms with van der Waals surface area (Å²) in [5, 5.41) is 5.41. The number of sulfone groups is 1. The van der Waals surface area contributed by atoms with E-state index in [1.807, 2.05) is 6.92 Å². The molecule has 2 aromatic carbocycles. The number of rotatable bonds is 7. The summed E-state index contributed by atoms with van der Waals surface area (Å²) in [6.45, 7) is 2.50. The Morgan fingerprint density at radius 1 is 1.06 bits per heavy atom.